The quantitative estimate of drug-likeness (QED) is 0.851. The van der Waals surface area contributed by atoms with Gasteiger partial charge >= 0.3 is 0 Å². The first kappa shape index (κ1) is 14.1. The molecule has 19 heavy (non-hydrogen) atoms. The molecule has 0 aliphatic rings. The van der Waals surface area contributed by atoms with Gasteiger partial charge in [0.05, 0.1) is 0 Å². The molecule has 0 fully saturated rings. The van der Waals surface area contributed by atoms with E-state index in [1.165, 1.54) is 16.7 Å². The number of nitrogens with one attached hydrogen (secondary N) is 1. The van der Waals surface area contributed by atoms with Gasteiger partial charge in [-0.1, -0.05) is 54.9 Å². The minimum Gasteiger partial charge on any atom is -0.313 e. The van der Waals surface area contributed by atoms with E-state index >= 15 is 0 Å². The third-order valence-electron chi connectivity index (χ3n) is 3.51. The van der Waals surface area contributed by atoms with Gasteiger partial charge in [0, 0.05) is 11.1 Å². The molecule has 100 valence electrons. The summed E-state index contributed by atoms with van der Waals surface area (Å²) in [6.45, 7) is 2.20. The monoisotopic (exact) mass is 273 g/mol. The average Bonchev–Trinajstić information content (AvgIpc) is 2.46. The number of hydrogen-bond acceptors (Lipinski definition) is 1. The lowest BCUT2D eigenvalue weighted by Gasteiger charge is -2.20. The third-order valence-corrected chi connectivity index (χ3v) is 3.76. The fourth-order valence-electron chi connectivity index (χ4n) is 2.42. The summed E-state index contributed by atoms with van der Waals surface area (Å²) >= 11 is 5.93. The Labute approximate surface area is 120 Å². The van der Waals surface area contributed by atoms with Crippen LogP contribution < -0.4 is 5.32 Å². The zero-order valence-corrected chi connectivity index (χ0v) is 12.2. The standard InChI is InChI=1S/C17H20ClN/c1-3-14-6-4-5-7-16(14)17(19-2)12-13-8-10-15(18)11-9-13/h4-11,17,19H,3,12H2,1-2H3. The van der Waals surface area contributed by atoms with Crippen LogP contribution >= 0.6 is 11.6 Å². The molecule has 2 aromatic rings. The number of rotatable bonds is 5. The van der Waals surface area contributed by atoms with E-state index in [2.05, 4.69) is 48.6 Å². The summed E-state index contributed by atoms with van der Waals surface area (Å²) in [5.41, 5.74) is 4.10. The van der Waals surface area contributed by atoms with Crippen LogP contribution in [0.25, 0.3) is 0 Å². The normalized spacial score (nSPS) is 12.4. The van der Waals surface area contributed by atoms with Crippen molar-refractivity contribution in [2.24, 2.45) is 0 Å². The Morgan fingerprint density at radius 1 is 1.05 bits per heavy atom. The number of hydrogen-bond donors (Lipinski definition) is 1. The predicted octanol–water partition coefficient (Wildman–Crippen LogP) is 4.41. The van der Waals surface area contributed by atoms with Crippen molar-refractivity contribution in [2.75, 3.05) is 7.05 Å². The summed E-state index contributed by atoms with van der Waals surface area (Å²) in [4.78, 5) is 0. The van der Waals surface area contributed by atoms with E-state index in [0.717, 1.165) is 17.9 Å². The van der Waals surface area contributed by atoms with Crippen LogP contribution in [-0.4, -0.2) is 7.05 Å². The van der Waals surface area contributed by atoms with Crippen molar-refractivity contribution in [2.45, 2.75) is 25.8 Å². The molecule has 0 radical (unpaired) electrons. The van der Waals surface area contributed by atoms with E-state index in [-0.39, 0.29) is 0 Å². The highest BCUT2D eigenvalue weighted by Gasteiger charge is 2.12. The molecule has 0 saturated carbocycles. The van der Waals surface area contributed by atoms with Crippen molar-refractivity contribution in [1.29, 1.82) is 0 Å². The van der Waals surface area contributed by atoms with Crippen LogP contribution in [0.1, 0.15) is 29.7 Å². The second kappa shape index (κ2) is 6.74. The van der Waals surface area contributed by atoms with Gasteiger partial charge in [-0.2, -0.15) is 0 Å². The lowest BCUT2D eigenvalue weighted by atomic mass is 9.94. The summed E-state index contributed by atoms with van der Waals surface area (Å²) in [5.74, 6) is 0. The third kappa shape index (κ3) is 3.59. The SMILES string of the molecule is CCc1ccccc1C(Cc1ccc(Cl)cc1)NC. The molecule has 0 aliphatic carbocycles. The Kier molecular flexibility index (Phi) is 5.00. The molecule has 1 nitrogen and oxygen atoms in total. The molecule has 0 bridgehead atoms. The lowest BCUT2D eigenvalue weighted by molar-refractivity contribution is 0.587. The lowest BCUT2D eigenvalue weighted by Crippen LogP contribution is -2.20. The van der Waals surface area contributed by atoms with Gasteiger partial charge in [-0.05, 0) is 48.7 Å². The number of aryl methyl sites for hydroxylation is 1. The minimum atomic E-state index is 0.345. The van der Waals surface area contributed by atoms with Crippen LogP contribution in [0.3, 0.4) is 0 Å². The number of benzene rings is 2. The van der Waals surface area contributed by atoms with Crippen LogP contribution in [0.5, 0.6) is 0 Å². The topological polar surface area (TPSA) is 12.0 Å². The maximum Gasteiger partial charge on any atom is 0.0406 e. The van der Waals surface area contributed by atoms with Crippen LogP contribution in [-0.2, 0) is 12.8 Å². The van der Waals surface area contributed by atoms with E-state index < -0.39 is 0 Å². The van der Waals surface area contributed by atoms with Gasteiger partial charge in [0.15, 0.2) is 0 Å². The molecular weight excluding hydrogens is 254 g/mol. The molecule has 2 heteroatoms. The predicted molar refractivity (Wildman–Crippen MR) is 82.8 cm³/mol. The van der Waals surface area contributed by atoms with Gasteiger partial charge < -0.3 is 5.32 Å². The summed E-state index contributed by atoms with van der Waals surface area (Å²) in [5, 5.41) is 4.21. The van der Waals surface area contributed by atoms with Crippen molar-refractivity contribution in [3.8, 4) is 0 Å². The van der Waals surface area contributed by atoms with Crippen LogP contribution in [0.15, 0.2) is 48.5 Å². The first-order chi connectivity index (χ1) is 9.24. The molecule has 0 heterocycles. The van der Waals surface area contributed by atoms with Gasteiger partial charge in [0.2, 0.25) is 0 Å². The smallest absolute Gasteiger partial charge is 0.0406 e. The van der Waals surface area contributed by atoms with Crippen LogP contribution in [0, 0.1) is 0 Å². The summed E-state index contributed by atoms with van der Waals surface area (Å²) in [6.07, 6.45) is 2.04. The van der Waals surface area contributed by atoms with E-state index in [4.69, 9.17) is 11.6 Å². The largest absolute Gasteiger partial charge is 0.313 e. The first-order valence-electron chi connectivity index (χ1n) is 6.74. The highest BCUT2D eigenvalue weighted by Crippen LogP contribution is 2.23. The second-order valence-corrected chi connectivity index (χ2v) is 5.16. The van der Waals surface area contributed by atoms with Gasteiger partial charge in [-0.25, -0.2) is 0 Å². The van der Waals surface area contributed by atoms with Gasteiger partial charge in [-0.15, -0.1) is 0 Å². The zero-order chi connectivity index (χ0) is 13.7. The molecule has 1 unspecified atom stereocenters. The molecule has 1 N–H and O–H groups in total. The molecule has 2 rings (SSSR count). The average molecular weight is 274 g/mol. The highest BCUT2D eigenvalue weighted by atomic mass is 35.5. The van der Waals surface area contributed by atoms with Crippen LogP contribution in [0.2, 0.25) is 5.02 Å². The van der Waals surface area contributed by atoms with E-state index in [9.17, 15) is 0 Å². The van der Waals surface area contributed by atoms with Crippen molar-refractivity contribution >= 4 is 11.6 Å². The summed E-state index contributed by atoms with van der Waals surface area (Å²) < 4.78 is 0. The fourth-order valence-corrected chi connectivity index (χ4v) is 2.55. The van der Waals surface area contributed by atoms with Crippen LogP contribution in [0.4, 0.5) is 0 Å². The van der Waals surface area contributed by atoms with E-state index in [1.807, 2.05) is 19.2 Å². The Balaban J connectivity index is 2.22. The Morgan fingerprint density at radius 3 is 2.37 bits per heavy atom. The van der Waals surface area contributed by atoms with Crippen molar-refractivity contribution in [1.82, 2.24) is 5.32 Å². The molecule has 0 amide bonds. The minimum absolute atomic E-state index is 0.345. The molecule has 0 aromatic heterocycles. The van der Waals surface area contributed by atoms with Crippen molar-refractivity contribution in [3.63, 3.8) is 0 Å². The molecule has 2 aromatic carbocycles. The molecule has 0 saturated heterocycles. The maximum absolute atomic E-state index is 5.93. The Bertz CT molecular complexity index is 519. The number of halogens is 1. The van der Waals surface area contributed by atoms with Gasteiger partial charge in [0.25, 0.3) is 0 Å². The Hall–Kier alpha value is -1.31. The molecular formula is C17H20ClN. The highest BCUT2D eigenvalue weighted by molar-refractivity contribution is 6.30. The maximum atomic E-state index is 5.93. The summed E-state index contributed by atoms with van der Waals surface area (Å²) in [6, 6.07) is 17.1. The van der Waals surface area contributed by atoms with E-state index in [1.54, 1.807) is 0 Å². The van der Waals surface area contributed by atoms with Crippen molar-refractivity contribution < 1.29 is 0 Å². The Morgan fingerprint density at radius 2 is 1.74 bits per heavy atom. The molecule has 1 atom stereocenters. The molecule has 0 aliphatic heterocycles. The number of likely N-dealkylation sites (N-methyl/N-ethyl adjacent to an activating group) is 1. The summed E-state index contributed by atoms with van der Waals surface area (Å²) in [7, 11) is 2.02. The van der Waals surface area contributed by atoms with Crippen molar-refractivity contribution in [3.05, 3.63) is 70.2 Å². The van der Waals surface area contributed by atoms with E-state index in [0.29, 0.717) is 6.04 Å². The fraction of sp³-hybridized carbons (Fsp3) is 0.294. The van der Waals surface area contributed by atoms with Gasteiger partial charge in [-0.3, -0.25) is 0 Å². The van der Waals surface area contributed by atoms with Gasteiger partial charge in [0.1, 0.15) is 0 Å². The zero-order valence-electron chi connectivity index (χ0n) is 11.5. The first-order valence-corrected chi connectivity index (χ1v) is 7.12. The molecule has 0 spiro atoms. The second-order valence-electron chi connectivity index (χ2n) is 4.72.